The lowest BCUT2D eigenvalue weighted by Gasteiger charge is -2.14. The zero-order valence-electron chi connectivity index (χ0n) is 12.7. The Morgan fingerprint density at radius 2 is 2.17 bits per heavy atom. The molecular weight excluding hydrogens is 336 g/mol. The minimum Gasteiger partial charge on any atom is -0.346 e. The van der Waals surface area contributed by atoms with E-state index in [2.05, 4.69) is 15.3 Å². The van der Waals surface area contributed by atoms with Crippen molar-refractivity contribution < 1.29 is 13.2 Å². The maximum absolute atomic E-state index is 12.2. The van der Waals surface area contributed by atoms with Gasteiger partial charge in [0, 0.05) is 24.0 Å². The molecule has 1 aliphatic rings. The smallest absolute Gasteiger partial charge is 0.261 e. The number of carbonyl (C=O) groups excluding carboxylic acids is 1. The number of hydrogen-bond acceptors (Lipinski definition) is 6. The van der Waals surface area contributed by atoms with Gasteiger partial charge < -0.3 is 5.32 Å². The quantitative estimate of drug-likeness (QED) is 0.889. The molecule has 0 unspecified atom stereocenters. The SMILES string of the molecule is Cc1cnc(CNC(=O)c2cc3c(s2)CCN3S(C)(=O)=O)cn1. The Balaban J connectivity index is 1.71. The van der Waals surface area contributed by atoms with E-state index in [0.717, 1.165) is 10.6 Å². The Kier molecular flexibility index (Phi) is 4.07. The second-order valence-corrected chi connectivity index (χ2v) is 8.38. The normalized spacial score (nSPS) is 13.9. The minimum absolute atomic E-state index is 0.236. The largest absolute Gasteiger partial charge is 0.346 e. The summed E-state index contributed by atoms with van der Waals surface area (Å²) in [4.78, 5) is 22.0. The van der Waals surface area contributed by atoms with Crippen LogP contribution in [0.5, 0.6) is 0 Å². The highest BCUT2D eigenvalue weighted by atomic mass is 32.2. The average Bonchev–Trinajstić information content (AvgIpc) is 3.05. The summed E-state index contributed by atoms with van der Waals surface area (Å²) >= 11 is 1.33. The maximum Gasteiger partial charge on any atom is 0.261 e. The molecule has 7 nitrogen and oxygen atoms in total. The number of sulfonamides is 1. The van der Waals surface area contributed by atoms with Crippen molar-refractivity contribution in [2.24, 2.45) is 0 Å². The first kappa shape index (κ1) is 15.9. The predicted octanol–water partition coefficient (Wildman–Crippen LogP) is 1.10. The highest BCUT2D eigenvalue weighted by molar-refractivity contribution is 7.92. The van der Waals surface area contributed by atoms with Crippen molar-refractivity contribution >= 4 is 33.0 Å². The third-order valence-electron chi connectivity index (χ3n) is 3.49. The number of fused-ring (bicyclic) bond motifs is 1. The van der Waals surface area contributed by atoms with E-state index in [1.165, 1.54) is 21.9 Å². The van der Waals surface area contributed by atoms with Gasteiger partial charge in [-0.05, 0) is 13.0 Å². The molecule has 3 heterocycles. The second kappa shape index (κ2) is 5.89. The topological polar surface area (TPSA) is 92.3 Å². The van der Waals surface area contributed by atoms with Crippen LogP contribution >= 0.6 is 11.3 Å². The Labute approximate surface area is 138 Å². The van der Waals surface area contributed by atoms with Gasteiger partial charge in [-0.1, -0.05) is 0 Å². The van der Waals surface area contributed by atoms with Crippen molar-refractivity contribution in [2.45, 2.75) is 19.9 Å². The molecule has 122 valence electrons. The molecule has 1 N–H and O–H groups in total. The molecule has 3 rings (SSSR count). The number of aromatic nitrogens is 2. The number of aryl methyl sites for hydroxylation is 1. The van der Waals surface area contributed by atoms with Crippen LogP contribution in [0.3, 0.4) is 0 Å². The van der Waals surface area contributed by atoms with Gasteiger partial charge in [0.05, 0.1) is 40.9 Å². The number of anilines is 1. The highest BCUT2D eigenvalue weighted by Crippen LogP contribution is 2.37. The Bertz CT molecular complexity index is 843. The Morgan fingerprint density at radius 3 is 2.83 bits per heavy atom. The van der Waals surface area contributed by atoms with E-state index in [1.54, 1.807) is 18.5 Å². The van der Waals surface area contributed by atoms with Crippen LogP contribution in [0.2, 0.25) is 0 Å². The van der Waals surface area contributed by atoms with Gasteiger partial charge in [0.1, 0.15) is 0 Å². The van der Waals surface area contributed by atoms with Gasteiger partial charge >= 0.3 is 0 Å². The molecule has 1 aliphatic heterocycles. The maximum atomic E-state index is 12.2. The second-order valence-electron chi connectivity index (χ2n) is 5.34. The fraction of sp³-hybridized carbons (Fsp3) is 0.357. The predicted molar refractivity (Wildman–Crippen MR) is 88.2 cm³/mol. The molecular formula is C14H16N4O3S2. The summed E-state index contributed by atoms with van der Waals surface area (Å²) in [6.45, 7) is 2.57. The van der Waals surface area contributed by atoms with Crippen LogP contribution < -0.4 is 9.62 Å². The molecule has 2 aromatic heterocycles. The summed E-state index contributed by atoms with van der Waals surface area (Å²) in [6.07, 6.45) is 5.08. The molecule has 0 atom stereocenters. The third kappa shape index (κ3) is 3.35. The summed E-state index contributed by atoms with van der Waals surface area (Å²) in [7, 11) is -3.30. The molecule has 1 amide bonds. The molecule has 0 saturated carbocycles. The molecule has 0 aliphatic carbocycles. The first-order chi connectivity index (χ1) is 10.8. The van der Waals surface area contributed by atoms with Gasteiger partial charge in [-0.2, -0.15) is 0 Å². The van der Waals surface area contributed by atoms with Gasteiger partial charge in [0.15, 0.2) is 0 Å². The lowest BCUT2D eigenvalue weighted by Crippen LogP contribution is -2.27. The van der Waals surface area contributed by atoms with E-state index in [9.17, 15) is 13.2 Å². The van der Waals surface area contributed by atoms with Crippen molar-refractivity contribution in [1.29, 1.82) is 0 Å². The summed E-state index contributed by atoms with van der Waals surface area (Å²) in [5.74, 6) is -0.236. The molecule has 0 spiro atoms. The molecule has 0 aromatic carbocycles. The van der Waals surface area contributed by atoms with Gasteiger partial charge in [0.25, 0.3) is 5.91 Å². The number of hydrogen-bond donors (Lipinski definition) is 1. The molecule has 0 fully saturated rings. The van der Waals surface area contributed by atoms with Crippen molar-refractivity contribution in [1.82, 2.24) is 15.3 Å². The molecule has 0 radical (unpaired) electrons. The van der Waals surface area contributed by atoms with E-state index >= 15 is 0 Å². The fourth-order valence-corrected chi connectivity index (χ4v) is 4.43. The van der Waals surface area contributed by atoms with Gasteiger partial charge in [0.2, 0.25) is 10.0 Å². The van der Waals surface area contributed by atoms with Crippen LogP contribution in [0, 0.1) is 6.92 Å². The van der Waals surface area contributed by atoms with Crippen LogP contribution in [0.25, 0.3) is 0 Å². The van der Waals surface area contributed by atoms with Gasteiger partial charge in [-0.25, -0.2) is 8.42 Å². The lowest BCUT2D eigenvalue weighted by molar-refractivity contribution is 0.0954. The molecule has 0 bridgehead atoms. The third-order valence-corrected chi connectivity index (χ3v) is 5.85. The number of carbonyl (C=O) groups is 1. The number of thiophene rings is 1. The van der Waals surface area contributed by atoms with E-state index in [-0.39, 0.29) is 12.5 Å². The van der Waals surface area contributed by atoms with E-state index in [4.69, 9.17) is 0 Å². The first-order valence-electron chi connectivity index (χ1n) is 7.01. The number of rotatable bonds is 4. The number of nitrogens with zero attached hydrogens (tertiary/aromatic N) is 3. The molecule has 2 aromatic rings. The van der Waals surface area contributed by atoms with Crippen molar-refractivity contribution in [3.8, 4) is 0 Å². The zero-order chi connectivity index (χ0) is 16.6. The Hall–Kier alpha value is -2.00. The minimum atomic E-state index is -3.30. The van der Waals surface area contributed by atoms with Crippen molar-refractivity contribution in [2.75, 3.05) is 17.1 Å². The summed E-state index contributed by atoms with van der Waals surface area (Å²) in [6, 6.07) is 1.64. The van der Waals surface area contributed by atoms with Crippen LogP contribution in [0.1, 0.15) is 25.9 Å². The number of amides is 1. The Morgan fingerprint density at radius 1 is 1.39 bits per heavy atom. The fourth-order valence-electron chi connectivity index (χ4n) is 2.36. The highest BCUT2D eigenvalue weighted by Gasteiger charge is 2.29. The summed E-state index contributed by atoms with van der Waals surface area (Å²) in [5.41, 5.74) is 2.11. The van der Waals surface area contributed by atoms with Crippen LogP contribution in [-0.2, 0) is 23.0 Å². The zero-order valence-corrected chi connectivity index (χ0v) is 14.4. The first-order valence-corrected chi connectivity index (χ1v) is 9.67. The average molecular weight is 352 g/mol. The van der Waals surface area contributed by atoms with Gasteiger partial charge in [-0.15, -0.1) is 11.3 Å². The summed E-state index contributed by atoms with van der Waals surface area (Å²) < 4.78 is 24.8. The summed E-state index contributed by atoms with van der Waals surface area (Å²) in [5, 5.41) is 2.78. The number of nitrogens with one attached hydrogen (secondary N) is 1. The van der Waals surface area contributed by atoms with E-state index < -0.39 is 10.0 Å². The van der Waals surface area contributed by atoms with Crippen LogP contribution in [-0.4, -0.2) is 37.1 Å². The monoisotopic (exact) mass is 352 g/mol. The van der Waals surface area contributed by atoms with Crippen LogP contribution in [0.4, 0.5) is 5.69 Å². The molecule has 0 saturated heterocycles. The molecule has 23 heavy (non-hydrogen) atoms. The van der Waals surface area contributed by atoms with Crippen molar-refractivity contribution in [3.63, 3.8) is 0 Å². The lowest BCUT2D eigenvalue weighted by atomic mass is 10.3. The molecule has 9 heteroatoms. The van der Waals surface area contributed by atoms with Crippen LogP contribution in [0.15, 0.2) is 18.5 Å². The van der Waals surface area contributed by atoms with Gasteiger partial charge in [-0.3, -0.25) is 19.1 Å². The van der Waals surface area contributed by atoms with E-state index in [0.29, 0.717) is 29.2 Å². The van der Waals surface area contributed by atoms with E-state index in [1.807, 2.05) is 6.92 Å². The van der Waals surface area contributed by atoms with Crippen molar-refractivity contribution in [3.05, 3.63) is 39.6 Å². The standard InChI is InChI=1S/C14H16N4O3S2/c1-9-6-16-10(7-15-9)8-17-14(19)13-5-11-12(22-13)3-4-18(11)23(2,20)21/h5-7H,3-4,8H2,1-2H3,(H,17,19).